The Labute approximate surface area is 169 Å². The van der Waals surface area contributed by atoms with E-state index in [9.17, 15) is 20.2 Å². The van der Waals surface area contributed by atoms with E-state index in [-0.39, 0.29) is 11.4 Å². The first kappa shape index (κ1) is 21.7. The fraction of sp³-hybridized carbons (Fsp3) is 0.182. The number of hydrogen-bond acceptors (Lipinski definition) is 5. The molecule has 0 saturated heterocycles. The zero-order valence-electron chi connectivity index (χ0n) is 16.2. The average Bonchev–Trinajstić information content (AvgIpc) is 2.69. The highest BCUT2D eigenvalue weighted by Gasteiger charge is 2.11. The van der Waals surface area contributed by atoms with Gasteiger partial charge in [-0.25, -0.2) is 0 Å². The van der Waals surface area contributed by atoms with Crippen molar-refractivity contribution in [2.45, 2.75) is 20.0 Å². The molecule has 0 amide bonds. The standard InChI is InChI=1S/C22H23N3O4/c1-3-21(24(26)27)12-9-18(2)15-23(16-19-7-5-4-6-8-19)17-20-10-13-22(14-11-20)25(28)29/h3-14H,2,15-17H2,1H3/b12-9-,21-3+. The second kappa shape index (κ2) is 10.7. The van der Waals surface area contributed by atoms with Gasteiger partial charge in [0.1, 0.15) is 0 Å². The van der Waals surface area contributed by atoms with E-state index < -0.39 is 9.85 Å². The molecule has 0 aliphatic carbocycles. The molecule has 0 heterocycles. The van der Waals surface area contributed by atoms with Gasteiger partial charge >= 0.3 is 0 Å². The lowest BCUT2D eigenvalue weighted by Crippen LogP contribution is -2.24. The SMILES string of the molecule is C=C(/C=C\C(=C/C)[N+](=O)[O-])CN(Cc1ccccc1)Cc1ccc([N+](=O)[O-])cc1. The Hall–Kier alpha value is -3.58. The molecule has 0 bridgehead atoms. The summed E-state index contributed by atoms with van der Waals surface area (Å²) in [6.07, 6.45) is 4.52. The number of allylic oxidation sites excluding steroid dienone is 2. The van der Waals surface area contributed by atoms with Gasteiger partial charge in [0.2, 0.25) is 0 Å². The van der Waals surface area contributed by atoms with E-state index in [4.69, 9.17) is 0 Å². The highest BCUT2D eigenvalue weighted by Crippen LogP contribution is 2.16. The smallest absolute Gasteiger partial charge is 0.269 e. The predicted octanol–water partition coefficient (Wildman–Crippen LogP) is 4.89. The Morgan fingerprint density at radius 3 is 2.07 bits per heavy atom. The first-order valence-corrected chi connectivity index (χ1v) is 9.05. The molecule has 0 radical (unpaired) electrons. The Bertz CT molecular complexity index is 919. The number of nitro groups is 2. The van der Waals surface area contributed by atoms with Gasteiger partial charge in [0.25, 0.3) is 11.4 Å². The van der Waals surface area contributed by atoms with Crippen LogP contribution < -0.4 is 0 Å². The van der Waals surface area contributed by atoms with Crippen LogP contribution in [-0.4, -0.2) is 21.3 Å². The zero-order valence-corrected chi connectivity index (χ0v) is 16.2. The van der Waals surface area contributed by atoms with Crippen LogP contribution in [0.15, 0.2) is 90.7 Å². The van der Waals surface area contributed by atoms with Crippen molar-refractivity contribution in [3.05, 3.63) is 122 Å². The molecule has 7 heteroatoms. The monoisotopic (exact) mass is 393 g/mol. The molecule has 2 aromatic rings. The molecule has 0 aromatic heterocycles. The van der Waals surface area contributed by atoms with E-state index in [2.05, 4.69) is 11.5 Å². The van der Waals surface area contributed by atoms with Crippen molar-refractivity contribution >= 4 is 5.69 Å². The van der Waals surface area contributed by atoms with Crippen molar-refractivity contribution in [1.82, 2.24) is 4.90 Å². The second-order valence-corrected chi connectivity index (χ2v) is 6.52. The first-order valence-electron chi connectivity index (χ1n) is 9.05. The van der Waals surface area contributed by atoms with Crippen molar-refractivity contribution < 1.29 is 9.85 Å². The van der Waals surface area contributed by atoms with E-state index in [1.165, 1.54) is 24.3 Å². The molecule has 0 spiro atoms. The molecule has 29 heavy (non-hydrogen) atoms. The van der Waals surface area contributed by atoms with Gasteiger partial charge in [-0.15, -0.1) is 0 Å². The quantitative estimate of drug-likeness (QED) is 0.326. The van der Waals surface area contributed by atoms with E-state index in [0.29, 0.717) is 19.6 Å². The van der Waals surface area contributed by atoms with Gasteiger partial charge < -0.3 is 0 Å². The minimum atomic E-state index is -0.442. The van der Waals surface area contributed by atoms with Crippen LogP contribution in [0.2, 0.25) is 0 Å². The molecule has 0 unspecified atom stereocenters. The molecule has 2 aromatic carbocycles. The summed E-state index contributed by atoms with van der Waals surface area (Å²) in [6, 6.07) is 16.4. The maximum absolute atomic E-state index is 10.9. The van der Waals surface area contributed by atoms with E-state index in [1.54, 1.807) is 25.1 Å². The number of non-ortho nitro benzene ring substituents is 1. The van der Waals surface area contributed by atoms with Gasteiger partial charge in [0, 0.05) is 37.8 Å². The van der Waals surface area contributed by atoms with Gasteiger partial charge in [0.05, 0.1) is 9.85 Å². The van der Waals surface area contributed by atoms with Crippen LogP contribution in [-0.2, 0) is 13.1 Å². The summed E-state index contributed by atoms with van der Waals surface area (Å²) < 4.78 is 0. The third kappa shape index (κ3) is 7.15. The average molecular weight is 393 g/mol. The highest BCUT2D eigenvalue weighted by atomic mass is 16.6. The van der Waals surface area contributed by atoms with Crippen molar-refractivity contribution in [2.24, 2.45) is 0 Å². The lowest BCUT2D eigenvalue weighted by atomic mass is 10.1. The fourth-order valence-electron chi connectivity index (χ4n) is 2.80. The summed E-state index contributed by atoms with van der Waals surface area (Å²) in [5.41, 5.74) is 2.84. The lowest BCUT2D eigenvalue weighted by Gasteiger charge is -2.23. The van der Waals surface area contributed by atoms with Crippen LogP contribution >= 0.6 is 0 Å². The Kier molecular flexibility index (Phi) is 8.00. The molecule has 0 saturated carbocycles. The molecule has 150 valence electrons. The summed E-state index contributed by atoms with van der Waals surface area (Å²) in [5.74, 6) is 0. The molecule has 0 aliphatic rings. The van der Waals surface area contributed by atoms with Gasteiger partial charge in [0.15, 0.2) is 0 Å². The lowest BCUT2D eigenvalue weighted by molar-refractivity contribution is -0.419. The zero-order chi connectivity index (χ0) is 21.2. The molecule has 2 rings (SSSR count). The van der Waals surface area contributed by atoms with Crippen molar-refractivity contribution in [3.63, 3.8) is 0 Å². The maximum atomic E-state index is 10.9. The number of nitrogens with zero attached hydrogens (tertiary/aromatic N) is 3. The van der Waals surface area contributed by atoms with Gasteiger partial charge in [-0.05, 0) is 29.7 Å². The molecule has 0 aliphatic heterocycles. The minimum absolute atomic E-state index is 0.0103. The summed E-state index contributed by atoms with van der Waals surface area (Å²) in [6.45, 7) is 7.33. The van der Waals surface area contributed by atoms with Gasteiger partial charge in [-0.1, -0.05) is 55.1 Å². The molecular formula is C22H23N3O4. The van der Waals surface area contributed by atoms with E-state index >= 15 is 0 Å². The largest absolute Gasteiger partial charge is 0.291 e. The normalized spacial score (nSPS) is 11.7. The van der Waals surface area contributed by atoms with Crippen LogP contribution in [0.5, 0.6) is 0 Å². The predicted molar refractivity (Wildman–Crippen MR) is 113 cm³/mol. The van der Waals surface area contributed by atoms with Crippen molar-refractivity contribution in [3.8, 4) is 0 Å². The summed E-state index contributed by atoms with van der Waals surface area (Å²) >= 11 is 0. The van der Waals surface area contributed by atoms with Crippen LogP contribution in [0.25, 0.3) is 0 Å². The highest BCUT2D eigenvalue weighted by molar-refractivity contribution is 5.33. The molecule has 0 fully saturated rings. The van der Waals surface area contributed by atoms with Crippen molar-refractivity contribution in [2.75, 3.05) is 6.54 Å². The van der Waals surface area contributed by atoms with E-state index in [0.717, 1.165) is 16.7 Å². The van der Waals surface area contributed by atoms with Crippen LogP contribution in [0.4, 0.5) is 5.69 Å². The molecule has 0 atom stereocenters. The summed E-state index contributed by atoms with van der Waals surface area (Å²) in [7, 11) is 0. The third-order valence-electron chi connectivity index (χ3n) is 4.23. The maximum Gasteiger partial charge on any atom is 0.269 e. The summed E-state index contributed by atoms with van der Waals surface area (Å²) in [5, 5.41) is 21.8. The van der Waals surface area contributed by atoms with Crippen LogP contribution in [0.1, 0.15) is 18.1 Å². The second-order valence-electron chi connectivity index (χ2n) is 6.52. The van der Waals surface area contributed by atoms with Crippen LogP contribution in [0, 0.1) is 20.2 Å². The third-order valence-corrected chi connectivity index (χ3v) is 4.23. The van der Waals surface area contributed by atoms with Crippen LogP contribution in [0.3, 0.4) is 0 Å². The molecule has 0 N–H and O–H groups in total. The van der Waals surface area contributed by atoms with Gasteiger partial charge in [-0.3, -0.25) is 25.1 Å². The molecular weight excluding hydrogens is 370 g/mol. The number of hydrogen-bond donors (Lipinski definition) is 0. The first-order chi connectivity index (χ1) is 13.9. The Morgan fingerprint density at radius 1 is 0.966 bits per heavy atom. The summed E-state index contributed by atoms with van der Waals surface area (Å²) in [4.78, 5) is 23.0. The number of nitro benzene ring substituents is 1. The number of benzene rings is 2. The number of rotatable bonds is 10. The fourth-order valence-corrected chi connectivity index (χ4v) is 2.80. The Morgan fingerprint density at radius 2 is 1.55 bits per heavy atom. The van der Waals surface area contributed by atoms with Gasteiger partial charge in [-0.2, -0.15) is 0 Å². The Balaban J connectivity index is 2.14. The van der Waals surface area contributed by atoms with Crippen molar-refractivity contribution in [1.29, 1.82) is 0 Å². The van der Waals surface area contributed by atoms with E-state index in [1.807, 2.05) is 30.3 Å². The topological polar surface area (TPSA) is 89.5 Å². The molecule has 7 nitrogen and oxygen atoms in total. The minimum Gasteiger partial charge on any atom is -0.291 e.